The first-order valence-corrected chi connectivity index (χ1v) is 18.2. The average molecular weight is 533 g/mol. The minimum Gasteiger partial charge on any atom is -0.0977 e. The summed E-state index contributed by atoms with van der Waals surface area (Å²) in [5.41, 5.74) is 9.06. The number of benzene rings is 2. The first-order valence-electron chi connectivity index (χ1n) is 15.8. The molecule has 0 aromatic heterocycles. The second kappa shape index (κ2) is 9.14. The van der Waals surface area contributed by atoms with Crippen molar-refractivity contribution in [3.63, 3.8) is 0 Å². The van der Waals surface area contributed by atoms with Crippen molar-refractivity contribution >= 4 is 31.9 Å². The monoisotopic (exact) mass is 532 g/mol. The maximum atomic E-state index is 2.54. The van der Waals surface area contributed by atoms with Gasteiger partial charge in [0.15, 0.2) is 13.4 Å². The van der Waals surface area contributed by atoms with Gasteiger partial charge in [-0.2, -0.15) is 0 Å². The Morgan fingerprint density at radius 1 is 0.487 bits per heavy atom. The Balaban J connectivity index is 1.53. The molecule has 0 N–H and O–H groups in total. The molecular weight excluding hydrogens is 482 g/mol. The fourth-order valence-corrected chi connectivity index (χ4v) is 14.3. The Bertz CT molecular complexity index is 1180. The first-order chi connectivity index (χ1) is 18.3. The van der Waals surface area contributed by atoms with Gasteiger partial charge in [-0.25, -0.2) is 0 Å². The third kappa shape index (κ3) is 4.32. The molecule has 3 saturated heterocycles. The highest BCUT2D eigenvalue weighted by Gasteiger charge is 2.55. The summed E-state index contributed by atoms with van der Waals surface area (Å²) < 4.78 is 0. The van der Waals surface area contributed by atoms with Gasteiger partial charge in [0.1, 0.15) is 8.07 Å². The summed E-state index contributed by atoms with van der Waals surface area (Å²) in [6.45, 7) is 21.8. The van der Waals surface area contributed by atoms with Gasteiger partial charge in [0.2, 0.25) is 0 Å². The smallest absolute Gasteiger partial charge is 0.0977 e. The van der Waals surface area contributed by atoms with E-state index in [1.807, 2.05) is 22.1 Å². The van der Waals surface area contributed by atoms with Crippen molar-refractivity contribution in [1.82, 2.24) is 0 Å². The molecule has 3 aliphatic heterocycles. The Morgan fingerprint density at radius 2 is 0.795 bits per heavy atom. The van der Waals surface area contributed by atoms with Gasteiger partial charge in [-0.1, -0.05) is 174 Å². The molecule has 0 bridgehead atoms. The number of allylic oxidation sites excluding steroid dienone is 4. The summed E-state index contributed by atoms with van der Waals surface area (Å²) in [5.74, 6) is 0. The lowest BCUT2D eigenvalue weighted by Crippen LogP contribution is -2.56. The van der Waals surface area contributed by atoms with E-state index in [9.17, 15) is 0 Å². The van der Waals surface area contributed by atoms with Crippen LogP contribution in [0.1, 0.15) is 68.2 Å². The maximum Gasteiger partial charge on any atom is 0.172 e. The van der Waals surface area contributed by atoms with Crippen molar-refractivity contribution in [1.29, 1.82) is 0 Å². The zero-order valence-electron chi connectivity index (χ0n) is 26.1. The van der Waals surface area contributed by atoms with Crippen molar-refractivity contribution in [3.8, 4) is 0 Å². The molecule has 39 heavy (non-hydrogen) atoms. The zero-order valence-corrected chi connectivity index (χ0v) is 27.1. The fraction of sp³-hybridized carbons (Fsp3) is 0.556. The molecule has 3 heteroatoms. The highest BCUT2D eigenvalue weighted by molar-refractivity contribution is 7.04. The molecule has 6 rings (SSSR count). The van der Waals surface area contributed by atoms with E-state index >= 15 is 0 Å². The quantitative estimate of drug-likeness (QED) is 0.345. The van der Waals surface area contributed by atoms with Crippen LogP contribution in [-0.4, -0.2) is 21.5 Å². The topological polar surface area (TPSA) is 0 Å². The van der Waals surface area contributed by atoms with E-state index in [1.165, 1.54) is 50.2 Å². The van der Waals surface area contributed by atoms with Crippen LogP contribution in [0.4, 0.5) is 0 Å². The number of rotatable bonds is 4. The first kappa shape index (κ1) is 27.4. The number of hydrogen-bond donors (Lipinski definition) is 0. The van der Waals surface area contributed by atoms with Gasteiger partial charge in [0.25, 0.3) is 0 Å². The summed E-state index contributed by atoms with van der Waals surface area (Å²) in [6.07, 6.45) is 8.06. The molecule has 0 saturated carbocycles. The normalized spacial score (nSPS) is 26.4. The number of hydrogen-bond acceptors (Lipinski definition) is 0. The minimum absolute atomic E-state index is 0.404. The standard InChI is InChI=1S/C36H50B2Si/c1-33(2)23-37(24-34(33,3)4)31-19-20-32(38-25-35(5,6)36(7,8)26-38)30-22-39(21-29(30)31,27-15-11-9-12-16-27)28-17-13-10-14-18-28/h9-18H,19-26H2,1-8H3. The second-order valence-electron chi connectivity index (χ2n) is 16.4. The van der Waals surface area contributed by atoms with Gasteiger partial charge in [-0.05, 0) is 46.6 Å². The van der Waals surface area contributed by atoms with E-state index in [4.69, 9.17) is 0 Å². The van der Waals surface area contributed by atoms with Crippen LogP contribution in [0, 0.1) is 21.7 Å². The molecule has 0 unspecified atom stereocenters. The molecular formula is C36H50B2Si. The summed E-state index contributed by atoms with van der Waals surface area (Å²) in [4.78, 5) is 0. The van der Waals surface area contributed by atoms with Crippen molar-refractivity contribution in [2.24, 2.45) is 21.7 Å². The van der Waals surface area contributed by atoms with Crippen LogP contribution in [0.15, 0.2) is 82.8 Å². The van der Waals surface area contributed by atoms with Crippen molar-refractivity contribution in [2.75, 3.05) is 0 Å². The van der Waals surface area contributed by atoms with E-state index in [-0.39, 0.29) is 0 Å². The zero-order chi connectivity index (χ0) is 27.8. The number of fused-ring (bicyclic) bond motifs is 1. The molecule has 4 aliphatic rings. The Hall–Kier alpha value is -1.73. The largest absolute Gasteiger partial charge is 0.172 e. The van der Waals surface area contributed by atoms with E-state index in [0.717, 1.165) is 13.4 Å². The molecule has 0 atom stereocenters. The third-order valence-corrected chi connectivity index (χ3v) is 17.9. The van der Waals surface area contributed by atoms with Crippen LogP contribution < -0.4 is 10.4 Å². The SMILES string of the molecule is CC1(C)CB(C2=C3C[Si](c4ccccc4)(c4ccccc4)CC3=C(B3CC(C)(C)C(C)(C)C3)CC2)CC1(C)C. The maximum absolute atomic E-state index is 2.54. The third-order valence-electron chi connectivity index (χ3n) is 13.1. The van der Waals surface area contributed by atoms with E-state index < -0.39 is 8.07 Å². The summed E-state index contributed by atoms with van der Waals surface area (Å²) in [7, 11) is -1.96. The van der Waals surface area contributed by atoms with Crippen LogP contribution in [0.25, 0.3) is 0 Å². The van der Waals surface area contributed by atoms with E-state index in [1.54, 1.807) is 10.4 Å². The van der Waals surface area contributed by atoms with Gasteiger partial charge >= 0.3 is 0 Å². The molecule has 1 aliphatic carbocycles. The second-order valence-corrected chi connectivity index (χ2v) is 20.4. The van der Waals surface area contributed by atoms with Crippen LogP contribution >= 0.6 is 0 Å². The van der Waals surface area contributed by atoms with Crippen LogP contribution in [0.2, 0.25) is 37.4 Å². The molecule has 3 fully saturated rings. The van der Waals surface area contributed by atoms with Gasteiger partial charge < -0.3 is 0 Å². The molecule has 204 valence electrons. The van der Waals surface area contributed by atoms with Gasteiger partial charge in [0, 0.05) is 0 Å². The molecule has 2 aromatic carbocycles. The van der Waals surface area contributed by atoms with Gasteiger partial charge in [0.05, 0.1) is 0 Å². The Morgan fingerprint density at radius 3 is 1.10 bits per heavy atom. The van der Waals surface area contributed by atoms with E-state index in [2.05, 4.69) is 116 Å². The van der Waals surface area contributed by atoms with E-state index in [0.29, 0.717) is 21.7 Å². The predicted octanol–water partition coefficient (Wildman–Crippen LogP) is 8.85. The molecule has 0 nitrogen and oxygen atoms in total. The lowest BCUT2D eigenvalue weighted by molar-refractivity contribution is 0.177. The van der Waals surface area contributed by atoms with Crippen molar-refractivity contribution in [2.45, 2.75) is 106 Å². The summed E-state index contributed by atoms with van der Waals surface area (Å²) in [5, 5.41) is 3.28. The van der Waals surface area contributed by atoms with Gasteiger partial charge in [-0.15, -0.1) is 0 Å². The molecule has 3 heterocycles. The predicted molar refractivity (Wildman–Crippen MR) is 177 cm³/mol. The fourth-order valence-electron chi connectivity index (χ4n) is 9.26. The van der Waals surface area contributed by atoms with Crippen molar-refractivity contribution in [3.05, 3.63) is 82.8 Å². The highest BCUT2D eigenvalue weighted by Crippen LogP contribution is 2.59. The minimum atomic E-state index is -1.96. The van der Waals surface area contributed by atoms with Crippen LogP contribution in [-0.2, 0) is 0 Å². The average Bonchev–Trinajstić information content (AvgIpc) is 3.46. The Kier molecular flexibility index (Phi) is 6.43. The molecule has 2 aromatic rings. The van der Waals surface area contributed by atoms with Gasteiger partial charge in [-0.3, -0.25) is 0 Å². The van der Waals surface area contributed by atoms with Crippen LogP contribution in [0.3, 0.4) is 0 Å². The van der Waals surface area contributed by atoms with Crippen LogP contribution in [0.5, 0.6) is 0 Å². The highest BCUT2D eigenvalue weighted by atomic mass is 28.3. The Labute approximate surface area is 241 Å². The lowest BCUT2D eigenvalue weighted by Gasteiger charge is -2.35. The van der Waals surface area contributed by atoms with Crippen molar-refractivity contribution < 1.29 is 0 Å². The molecule has 0 amide bonds. The summed E-state index contributed by atoms with van der Waals surface area (Å²) in [6, 6.07) is 26.1. The molecule has 0 spiro atoms. The summed E-state index contributed by atoms with van der Waals surface area (Å²) >= 11 is 0. The molecule has 0 radical (unpaired) electrons. The lowest BCUT2D eigenvalue weighted by atomic mass is 9.35.